The van der Waals surface area contributed by atoms with Crippen LogP contribution in [0, 0.1) is 10.1 Å². The molecule has 0 aliphatic carbocycles. The Bertz CT molecular complexity index is 955. The van der Waals surface area contributed by atoms with Crippen molar-refractivity contribution >= 4 is 22.9 Å². The lowest BCUT2D eigenvalue weighted by Gasteiger charge is -2.29. The van der Waals surface area contributed by atoms with E-state index in [1.165, 1.54) is 29.5 Å². The van der Waals surface area contributed by atoms with E-state index in [1.807, 2.05) is 5.38 Å². The highest BCUT2D eigenvalue weighted by atomic mass is 32.1. The average molecular weight is 414 g/mol. The molecule has 0 fully saturated rings. The molecule has 2 aromatic heterocycles. The van der Waals surface area contributed by atoms with E-state index in [4.69, 9.17) is 0 Å². The zero-order valence-electron chi connectivity index (χ0n) is 16.2. The second-order valence-corrected chi connectivity index (χ2v) is 7.08. The molecule has 29 heavy (non-hydrogen) atoms. The Labute approximate surface area is 172 Å². The highest BCUT2D eigenvalue weighted by Crippen LogP contribution is 2.25. The number of likely N-dealkylation sites (N-methyl/N-ethyl adjacent to an activating group) is 1. The molecule has 0 saturated heterocycles. The molecular formula is C19H22N6O3S. The van der Waals surface area contributed by atoms with Gasteiger partial charge in [-0.05, 0) is 47.6 Å². The fourth-order valence-electron chi connectivity index (χ4n) is 3.22. The number of hydrogen-bond acceptors (Lipinski definition) is 7. The van der Waals surface area contributed by atoms with Gasteiger partial charge in [-0.25, -0.2) is 9.67 Å². The Kier molecular flexibility index (Phi) is 6.68. The van der Waals surface area contributed by atoms with E-state index in [2.05, 4.69) is 45.6 Å². The Morgan fingerprint density at radius 1 is 1.34 bits per heavy atom. The van der Waals surface area contributed by atoms with Gasteiger partial charge in [0.15, 0.2) is 0 Å². The summed E-state index contributed by atoms with van der Waals surface area (Å²) in [5.41, 5.74) is 1.42. The molecule has 0 aliphatic rings. The molecule has 1 unspecified atom stereocenters. The van der Waals surface area contributed by atoms with Gasteiger partial charge in [0.2, 0.25) is 0 Å². The monoisotopic (exact) mass is 414 g/mol. The fourth-order valence-corrected chi connectivity index (χ4v) is 3.92. The molecular weight excluding hydrogens is 392 g/mol. The first kappa shape index (κ1) is 20.6. The van der Waals surface area contributed by atoms with Crippen LogP contribution in [0.1, 0.15) is 35.8 Å². The van der Waals surface area contributed by atoms with Crippen molar-refractivity contribution in [3.05, 3.63) is 68.9 Å². The number of nitrogens with one attached hydrogen (secondary N) is 1. The van der Waals surface area contributed by atoms with Gasteiger partial charge in [-0.3, -0.25) is 19.8 Å². The van der Waals surface area contributed by atoms with Crippen LogP contribution in [0.3, 0.4) is 0 Å². The summed E-state index contributed by atoms with van der Waals surface area (Å²) in [6.07, 6.45) is 2.67. The zero-order valence-corrected chi connectivity index (χ0v) is 17.0. The normalized spacial score (nSPS) is 12.1. The van der Waals surface area contributed by atoms with Crippen molar-refractivity contribution < 1.29 is 9.72 Å². The third kappa shape index (κ3) is 4.66. The lowest BCUT2D eigenvalue weighted by molar-refractivity contribution is -0.384. The van der Waals surface area contributed by atoms with Crippen LogP contribution >= 0.6 is 11.3 Å². The van der Waals surface area contributed by atoms with Crippen molar-refractivity contribution in [1.82, 2.24) is 25.0 Å². The van der Waals surface area contributed by atoms with E-state index >= 15 is 0 Å². The maximum atomic E-state index is 12.7. The maximum absolute atomic E-state index is 12.7. The highest BCUT2D eigenvalue weighted by molar-refractivity contribution is 7.07. The van der Waals surface area contributed by atoms with Crippen LogP contribution in [-0.4, -0.2) is 50.1 Å². The van der Waals surface area contributed by atoms with Gasteiger partial charge in [0, 0.05) is 18.2 Å². The summed E-state index contributed by atoms with van der Waals surface area (Å²) in [6.45, 7) is 6.28. The predicted molar refractivity (Wildman–Crippen MR) is 110 cm³/mol. The van der Waals surface area contributed by atoms with E-state index < -0.39 is 4.92 Å². The summed E-state index contributed by atoms with van der Waals surface area (Å²) < 4.78 is 1.30. The van der Waals surface area contributed by atoms with Crippen molar-refractivity contribution in [1.29, 1.82) is 0 Å². The largest absolute Gasteiger partial charge is 0.350 e. The lowest BCUT2D eigenvalue weighted by atomic mass is 10.1. The van der Waals surface area contributed by atoms with Crippen LogP contribution in [0.5, 0.6) is 0 Å². The molecule has 10 heteroatoms. The number of nitrogens with zero attached hydrogens (tertiary/aromatic N) is 5. The molecule has 0 radical (unpaired) electrons. The van der Waals surface area contributed by atoms with Gasteiger partial charge in [0.1, 0.15) is 18.3 Å². The quantitative estimate of drug-likeness (QED) is 0.426. The molecule has 152 valence electrons. The molecule has 0 aliphatic heterocycles. The fraction of sp³-hybridized carbons (Fsp3) is 0.316. The van der Waals surface area contributed by atoms with Crippen LogP contribution in [0.2, 0.25) is 0 Å². The summed E-state index contributed by atoms with van der Waals surface area (Å²) in [6, 6.07) is 6.42. The first-order valence-electron chi connectivity index (χ1n) is 9.22. The molecule has 9 nitrogen and oxygen atoms in total. The number of carbonyl (C=O) groups is 1. The minimum atomic E-state index is -0.530. The Morgan fingerprint density at radius 2 is 2.14 bits per heavy atom. The van der Waals surface area contributed by atoms with Crippen molar-refractivity contribution in [2.45, 2.75) is 19.9 Å². The van der Waals surface area contributed by atoms with Crippen LogP contribution in [0.4, 0.5) is 5.69 Å². The van der Waals surface area contributed by atoms with Crippen LogP contribution < -0.4 is 5.32 Å². The molecule has 3 aromatic rings. The predicted octanol–water partition coefficient (Wildman–Crippen LogP) is 3.05. The number of rotatable bonds is 9. The number of benzene rings is 1. The SMILES string of the molecule is CCN(CC)C(CNC(=O)c1ccc(-n2cncn2)c([N+](=O)[O-])c1)c1ccsc1. The summed E-state index contributed by atoms with van der Waals surface area (Å²) >= 11 is 1.61. The standard InChI is InChI=1S/C19H22N6O3S/c1-3-23(4-2)18(15-7-8-29-11-15)10-21-19(26)14-5-6-16(17(9-14)25(27)28)24-13-20-12-22-24/h5-9,11-13,18H,3-4,10H2,1-2H3,(H,21,26). The Hall–Kier alpha value is -3.11. The lowest BCUT2D eigenvalue weighted by Crippen LogP contribution is -2.37. The number of hydrogen-bond donors (Lipinski definition) is 1. The summed E-state index contributed by atoms with van der Waals surface area (Å²) in [5, 5.41) is 22.4. The number of amides is 1. The van der Waals surface area contributed by atoms with Crippen molar-refractivity contribution in [2.75, 3.05) is 19.6 Å². The van der Waals surface area contributed by atoms with Crippen molar-refractivity contribution in [2.24, 2.45) is 0 Å². The van der Waals surface area contributed by atoms with Crippen molar-refractivity contribution in [3.63, 3.8) is 0 Å². The maximum Gasteiger partial charge on any atom is 0.295 e. The molecule has 1 N–H and O–H groups in total. The van der Waals surface area contributed by atoms with Gasteiger partial charge in [0.25, 0.3) is 11.6 Å². The summed E-state index contributed by atoms with van der Waals surface area (Å²) in [5.74, 6) is -0.356. The van der Waals surface area contributed by atoms with Gasteiger partial charge in [-0.1, -0.05) is 13.8 Å². The minimum absolute atomic E-state index is 0.0459. The number of carbonyl (C=O) groups excluding carboxylic acids is 1. The van der Waals surface area contributed by atoms with E-state index in [-0.39, 0.29) is 28.9 Å². The zero-order chi connectivity index (χ0) is 20.8. The first-order chi connectivity index (χ1) is 14.0. The molecule has 2 heterocycles. The van der Waals surface area contributed by atoms with Crippen LogP contribution in [-0.2, 0) is 0 Å². The van der Waals surface area contributed by atoms with Crippen molar-refractivity contribution in [3.8, 4) is 5.69 Å². The third-order valence-corrected chi connectivity index (χ3v) is 5.44. The van der Waals surface area contributed by atoms with Gasteiger partial charge in [-0.15, -0.1) is 0 Å². The summed E-state index contributed by atoms with van der Waals surface area (Å²) in [7, 11) is 0. The van der Waals surface area contributed by atoms with Gasteiger partial charge < -0.3 is 5.32 Å². The number of aromatic nitrogens is 3. The molecule has 0 bridgehead atoms. The molecule has 1 amide bonds. The third-order valence-electron chi connectivity index (χ3n) is 4.74. The highest BCUT2D eigenvalue weighted by Gasteiger charge is 2.22. The number of nitro groups is 1. The van der Waals surface area contributed by atoms with Gasteiger partial charge >= 0.3 is 0 Å². The summed E-state index contributed by atoms with van der Waals surface area (Å²) in [4.78, 5) is 29.7. The van der Waals surface area contributed by atoms with E-state index in [9.17, 15) is 14.9 Å². The van der Waals surface area contributed by atoms with E-state index in [0.29, 0.717) is 6.54 Å². The van der Waals surface area contributed by atoms with E-state index in [1.54, 1.807) is 17.4 Å². The molecule has 3 rings (SSSR count). The average Bonchev–Trinajstić information content (AvgIpc) is 3.44. The molecule has 0 saturated carbocycles. The molecule has 0 spiro atoms. The topological polar surface area (TPSA) is 106 Å². The molecule has 1 atom stereocenters. The van der Waals surface area contributed by atoms with Crippen LogP contribution in [0.15, 0.2) is 47.7 Å². The molecule has 1 aromatic carbocycles. The number of thiophene rings is 1. The smallest absolute Gasteiger partial charge is 0.295 e. The van der Waals surface area contributed by atoms with Gasteiger partial charge in [0.05, 0.1) is 11.0 Å². The van der Waals surface area contributed by atoms with Crippen LogP contribution in [0.25, 0.3) is 5.69 Å². The Balaban J connectivity index is 1.79. The number of nitro benzene ring substituents is 1. The second kappa shape index (κ2) is 9.39. The van der Waals surface area contributed by atoms with Gasteiger partial charge in [-0.2, -0.15) is 16.4 Å². The second-order valence-electron chi connectivity index (χ2n) is 6.30. The van der Waals surface area contributed by atoms with E-state index in [0.717, 1.165) is 18.7 Å². The Morgan fingerprint density at radius 3 is 2.72 bits per heavy atom. The minimum Gasteiger partial charge on any atom is -0.350 e. The first-order valence-corrected chi connectivity index (χ1v) is 10.2.